The van der Waals surface area contributed by atoms with Crippen LogP contribution >= 0.6 is 11.8 Å². The van der Waals surface area contributed by atoms with E-state index in [0.29, 0.717) is 61.7 Å². The lowest BCUT2D eigenvalue weighted by Crippen LogP contribution is -2.49. The second-order valence-electron chi connectivity index (χ2n) is 12.2. The standard InChI is InChI=1S/C32H41F2N9O5S/c1-39-12-14-41(15-13-39)28(45)20-47-21-6-10-40(11-7-21)27(44)19-42-18-25(37-31(46)24-17-36-43-9-3-8-35-30(24)43)29(38-42)23-16-22(49-2)4-5-26(23)48-32(33)34/h3-5,8-9,16,18,21,29,32,36,38H,6-7,10-15,17,19-20H2,1-2H3,(H,37,46). The van der Waals surface area contributed by atoms with Crippen molar-refractivity contribution in [1.29, 1.82) is 0 Å². The first-order chi connectivity index (χ1) is 23.7. The molecule has 0 bridgehead atoms. The summed E-state index contributed by atoms with van der Waals surface area (Å²) in [6.45, 7) is 1.15. The highest BCUT2D eigenvalue weighted by Crippen LogP contribution is 2.36. The summed E-state index contributed by atoms with van der Waals surface area (Å²) in [4.78, 5) is 50.5. The number of hydrogen-bond acceptors (Lipinski definition) is 12. The number of piperidine rings is 1. The minimum absolute atomic E-state index is 0.0112. The van der Waals surface area contributed by atoms with Gasteiger partial charge in [0.2, 0.25) is 11.8 Å². The topological polar surface area (TPSA) is 134 Å². The summed E-state index contributed by atoms with van der Waals surface area (Å²) < 4.78 is 37.7. The molecule has 0 saturated carbocycles. The van der Waals surface area contributed by atoms with E-state index in [1.54, 1.807) is 51.7 Å². The number of hydrogen-bond donors (Lipinski definition) is 3. The Kier molecular flexibility index (Phi) is 11.1. The number of halogens is 2. The molecule has 14 nitrogen and oxygen atoms in total. The number of fused-ring (bicyclic) bond motifs is 1. The summed E-state index contributed by atoms with van der Waals surface area (Å²) >= 11 is 1.43. The van der Waals surface area contributed by atoms with E-state index in [0.717, 1.165) is 18.0 Å². The quantitative estimate of drug-likeness (QED) is 0.288. The van der Waals surface area contributed by atoms with Gasteiger partial charge in [-0.3, -0.25) is 19.4 Å². The lowest BCUT2D eigenvalue weighted by molar-refractivity contribution is -0.143. The van der Waals surface area contributed by atoms with E-state index in [1.165, 1.54) is 17.8 Å². The Morgan fingerprint density at radius 3 is 2.57 bits per heavy atom. The van der Waals surface area contributed by atoms with Crippen molar-refractivity contribution in [3.05, 3.63) is 59.3 Å². The van der Waals surface area contributed by atoms with Crippen molar-refractivity contribution in [3.8, 4) is 5.75 Å². The number of alkyl halides is 2. The number of aliphatic imine (C=N–C) groups is 1. The van der Waals surface area contributed by atoms with Gasteiger partial charge in [0, 0.05) is 74.9 Å². The molecule has 1 unspecified atom stereocenters. The van der Waals surface area contributed by atoms with E-state index in [1.807, 2.05) is 18.2 Å². The molecular weight excluding hydrogens is 660 g/mol. The van der Waals surface area contributed by atoms with Crippen LogP contribution in [0.5, 0.6) is 5.75 Å². The van der Waals surface area contributed by atoms with Gasteiger partial charge >= 0.3 is 6.61 Å². The zero-order valence-electron chi connectivity index (χ0n) is 27.4. The fourth-order valence-corrected chi connectivity index (χ4v) is 6.69. The van der Waals surface area contributed by atoms with Crippen LogP contribution in [0.3, 0.4) is 0 Å². The van der Waals surface area contributed by atoms with Crippen molar-refractivity contribution >= 4 is 35.7 Å². The van der Waals surface area contributed by atoms with E-state index < -0.39 is 18.6 Å². The van der Waals surface area contributed by atoms with Crippen molar-refractivity contribution in [2.24, 2.45) is 4.99 Å². The number of ether oxygens (including phenoxy) is 2. The number of nitrogens with one attached hydrogen (secondary N) is 3. The lowest BCUT2D eigenvalue weighted by Gasteiger charge is -2.34. The zero-order chi connectivity index (χ0) is 34.5. The zero-order valence-corrected chi connectivity index (χ0v) is 28.3. The molecule has 2 saturated heterocycles. The Bertz CT molecular complexity index is 1540. The number of likely N-dealkylation sites (N-methyl/N-ethyl adjacent to an activating group) is 1. The van der Waals surface area contributed by atoms with E-state index in [4.69, 9.17) is 9.47 Å². The van der Waals surface area contributed by atoms with Crippen LogP contribution in [-0.2, 0) is 19.1 Å². The molecule has 0 spiro atoms. The summed E-state index contributed by atoms with van der Waals surface area (Å²) in [5.74, 6) is -0.188. The van der Waals surface area contributed by atoms with Gasteiger partial charge in [0.25, 0.3) is 5.91 Å². The summed E-state index contributed by atoms with van der Waals surface area (Å²) in [5.41, 5.74) is 7.41. The van der Waals surface area contributed by atoms with Crippen molar-refractivity contribution in [3.63, 3.8) is 0 Å². The van der Waals surface area contributed by atoms with Gasteiger partial charge in [-0.25, -0.2) is 15.8 Å². The molecule has 5 aliphatic heterocycles. The molecule has 2 fully saturated rings. The highest BCUT2D eigenvalue weighted by Gasteiger charge is 2.35. The molecule has 0 aromatic heterocycles. The number of nitrogens with zero attached hydrogens (tertiary/aromatic N) is 6. The Balaban J connectivity index is 1.11. The average molecular weight is 702 g/mol. The number of thioether (sulfide) groups is 1. The third kappa shape index (κ3) is 8.41. The molecule has 5 aliphatic rings. The van der Waals surface area contributed by atoms with Gasteiger partial charge in [0.05, 0.1) is 23.4 Å². The number of benzene rings is 1. The van der Waals surface area contributed by atoms with E-state index in [-0.39, 0.29) is 43.4 Å². The molecular formula is C32H41F2N9O5S. The number of carbonyl (C=O) groups is 3. The van der Waals surface area contributed by atoms with Crippen LogP contribution in [0.2, 0.25) is 0 Å². The minimum Gasteiger partial charge on any atom is -0.434 e. The summed E-state index contributed by atoms with van der Waals surface area (Å²) in [5, 5.41) is 6.13. The summed E-state index contributed by atoms with van der Waals surface area (Å²) in [6.07, 6.45) is 9.63. The normalized spacial score (nSPS) is 21.5. The van der Waals surface area contributed by atoms with Gasteiger partial charge in [-0.2, -0.15) is 8.78 Å². The first-order valence-corrected chi connectivity index (χ1v) is 17.4. The SMILES string of the molecule is CSc1ccc(OC(F)F)c(C2NN(CC(=O)N3CCC(OCC(=O)N4CCN(C)CC4)CC3)C=C2NC(=O)C2=C3N=CC=CN3NC2)c1. The average Bonchev–Trinajstić information content (AvgIpc) is 3.71. The molecule has 49 heavy (non-hydrogen) atoms. The third-order valence-electron chi connectivity index (χ3n) is 9.02. The third-order valence-corrected chi connectivity index (χ3v) is 9.74. The van der Waals surface area contributed by atoms with Crippen LogP contribution in [0.25, 0.3) is 0 Å². The second-order valence-corrected chi connectivity index (χ2v) is 13.1. The fourth-order valence-electron chi connectivity index (χ4n) is 6.24. The molecule has 1 atom stereocenters. The van der Waals surface area contributed by atoms with Crippen molar-refractivity contribution in [1.82, 2.24) is 40.9 Å². The number of amides is 3. The highest BCUT2D eigenvalue weighted by molar-refractivity contribution is 7.98. The van der Waals surface area contributed by atoms with Crippen LogP contribution in [0, 0.1) is 0 Å². The minimum atomic E-state index is -3.06. The second kappa shape index (κ2) is 15.7. The molecule has 1 aromatic carbocycles. The van der Waals surface area contributed by atoms with Crippen LogP contribution < -0.4 is 20.9 Å². The first-order valence-electron chi connectivity index (χ1n) is 16.2. The van der Waals surface area contributed by atoms with Crippen molar-refractivity contribution in [2.75, 3.05) is 72.3 Å². The van der Waals surface area contributed by atoms with Crippen LogP contribution in [0.4, 0.5) is 8.78 Å². The van der Waals surface area contributed by atoms with Crippen LogP contribution in [-0.4, -0.2) is 134 Å². The Hall–Kier alpha value is -4.03. The maximum absolute atomic E-state index is 13.5. The predicted octanol–water partition coefficient (Wildman–Crippen LogP) is 1.24. The van der Waals surface area contributed by atoms with Gasteiger partial charge < -0.3 is 34.5 Å². The predicted molar refractivity (Wildman–Crippen MR) is 178 cm³/mol. The highest BCUT2D eigenvalue weighted by atomic mass is 32.2. The molecule has 3 N–H and O–H groups in total. The maximum Gasteiger partial charge on any atom is 0.387 e. The molecule has 5 heterocycles. The van der Waals surface area contributed by atoms with Crippen LogP contribution in [0.1, 0.15) is 24.4 Å². The molecule has 3 amide bonds. The smallest absolute Gasteiger partial charge is 0.387 e. The van der Waals surface area contributed by atoms with Crippen LogP contribution in [0.15, 0.2) is 63.7 Å². The number of likely N-dealkylation sites (tertiary alicyclic amines) is 1. The largest absolute Gasteiger partial charge is 0.434 e. The van der Waals surface area contributed by atoms with Gasteiger partial charge in [-0.15, -0.1) is 11.8 Å². The number of rotatable bonds is 11. The molecule has 264 valence electrons. The van der Waals surface area contributed by atoms with E-state index >= 15 is 0 Å². The number of carbonyl (C=O) groups excluding carboxylic acids is 3. The summed E-state index contributed by atoms with van der Waals surface area (Å²) in [7, 11) is 2.04. The molecule has 6 rings (SSSR count). The van der Waals surface area contributed by atoms with Crippen molar-refractivity contribution < 1.29 is 32.6 Å². The molecule has 1 aromatic rings. The molecule has 17 heteroatoms. The molecule has 0 radical (unpaired) electrons. The number of piperazine rings is 1. The van der Waals surface area contributed by atoms with Gasteiger partial charge in [0.1, 0.15) is 18.9 Å². The Morgan fingerprint density at radius 2 is 1.84 bits per heavy atom. The monoisotopic (exact) mass is 701 g/mol. The maximum atomic E-state index is 13.5. The first kappa shape index (κ1) is 34.8. The van der Waals surface area contributed by atoms with Crippen molar-refractivity contribution in [2.45, 2.75) is 36.5 Å². The van der Waals surface area contributed by atoms with Gasteiger partial charge in [0.15, 0.2) is 5.82 Å². The lowest BCUT2D eigenvalue weighted by atomic mass is 10.0. The fraction of sp³-hybridized carbons (Fsp3) is 0.500. The van der Waals surface area contributed by atoms with E-state index in [2.05, 4.69) is 26.1 Å². The number of allylic oxidation sites excluding steroid dienone is 1. The Morgan fingerprint density at radius 1 is 1.08 bits per heavy atom. The van der Waals surface area contributed by atoms with Gasteiger partial charge in [-0.05, 0) is 50.4 Å². The summed E-state index contributed by atoms with van der Waals surface area (Å²) in [6, 6.07) is 4.07. The number of hydrazine groups is 2. The van der Waals surface area contributed by atoms with Gasteiger partial charge in [-0.1, -0.05) is 0 Å². The van der Waals surface area contributed by atoms with E-state index in [9.17, 15) is 23.2 Å². The molecule has 0 aliphatic carbocycles. The Labute approximate surface area is 287 Å².